The Morgan fingerprint density at radius 3 is 2.47 bits per heavy atom. The van der Waals surface area contributed by atoms with Gasteiger partial charge in [-0.1, -0.05) is 18.2 Å². The van der Waals surface area contributed by atoms with E-state index in [2.05, 4.69) is 19.5 Å². The van der Waals surface area contributed by atoms with Gasteiger partial charge in [-0.3, -0.25) is 0 Å². The molecule has 30 heavy (non-hydrogen) atoms. The third kappa shape index (κ3) is 4.97. The van der Waals surface area contributed by atoms with Crippen LogP contribution < -0.4 is 9.46 Å². The minimum atomic E-state index is -5.00. The van der Waals surface area contributed by atoms with Crippen molar-refractivity contribution >= 4 is 10.0 Å². The van der Waals surface area contributed by atoms with Gasteiger partial charge in [0.05, 0.1) is 5.69 Å². The number of sulfonamides is 1. The molecular formula is C19H19F3N4O3S. The minimum Gasteiger partial charge on any atom is -0.404 e. The van der Waals surface area contributed by atoms with E-state index in [0.717, 1.165) is 23.4 Å². The molecular weight excluding hydrogens is 421 g/mol. The van der Waals surface area contributed by atoms with Crippen LogP contribution in [0.4, 0.5) is 13.2 Å². The van der Waals surface area contributed by atoms with Gasteiger partial charge in [0.1, 0.15) is 10.6 Å². The average molecular weight is 440 g/mol. The van der Waals surface area contributed by atoms with Gasteiger partial charge in [0.2, 0.25) is 10.0 Å². The van der Waals surface area contributed by atoms with E-state index in [1.165, 1.54) is 12.1 Å². The summed E-state index contributed by atoms with van der Waals surface area (Å²) in [6.07, 6.45) is -3.06. The molecule has 0 saturated carbocycles. The Kier molecular flexibility index (Phi) is 6.13. The number of hydrogen-bond acceptors (Lipinski definition) is 5. The van der Waals surface area contributed by atoms with Gasteiger partial charge in [0.15, 0.2) is 5.82 Å². The van der Waals surface area contributed by atoms with Crippen molar-refractivity contribution in [2.45, 2.75) is 31.5 Å². The van der Waals surface area contributed by atoms with Crippen LogP contribution in [-0.4, -0.2) is 36.1 Å². The Labute approximate surface area is 171 Å². The first-order valence-corrected chi connectivity index (χ1v) is 10.4. The quantitative estimate of drug-likeness (QED) is 0.609. The highest BCUT2D eigenvalue weighted by atomic mass is 32.2. The van der Waals surface area contributed by atoms with E-state index >= 15 is 0 Å². The van der Waals surface area contributed by atoms with E-state index in [0.29, 0.717) is 17.9 Å². The minimum absolute atomic E-state index is 0.0295. The van der Waals surface area contributed by atoms with Crippen LogP contribution in [0.15, 0.2) is 53.6 Å². The predicted molar refractivity (Wildman–Crippen MR) is 103 cm³/mol. The lowest BCUT2D eigenvalue weighted by Crippen LogP contribution is -2.28. The number of halogens is 3. The van der Waals surface area contributed by atoms with Crippen molar-refractivity contribution in [1.29, 1.82) is 0 Å². The summed E-state index contributed by atoms with van der Waals surface area (Å²) in [5.74, 6) is -0.156. The molecule has 3 aromatic rings. The van der Waals surface area contributed by atoms with E-state index in [9.17, 15) is 21.6 Å². The number of para-hydroxylation sites is 1. The summed E-state index contributed by atoms with van der Waals surface area (Å²) in [7, 11) is -4.22. The summed E-state index contributed by atoms with van der Waals surface area (Å²) in [6.45, 7) is 3.60. The third-order valence-corrected chi connectivity index (χ3v) is 5.84. The summed E-state index contributed by atoms with van der Waals surface area (Å²) in [6, 6.07) is 10.00. The SMILES string of the molecule is Cc1nn(-c2ccccn2)c(C)c1CCNS(=O)(=O)c1ccccc1OC(F)(F)F. The molecule has 0 bridgehead atoms. The molecule has 0 aliphatic heterocycles. The molecule has 0 unspecified atom stereocenters. The third-order valence-electron chi connectivity index (χ3n) is 4.34. The molecule has 7 nitrogen and oxygen atoms in total. The first-order valence-electron chi connectivity index (χ1n) is 8.89. The zero-order chi connectivity index (χ0) is 21.9. The number of aromatic nitrogens is 3. The topological polar surface area (TPSA) is 86.1 Å². The molecule has 11 heteroatoms. The molecule has 0 saturated heterocycles. The zero-order valence-electron chi connectivity index (χ0n) is 16.1. The number of alkyl halides is 3. The van der Waals surface area contributed by atoms with Crippen LogP contribution in [-0.2, 0) is 16.4 Å². The summed E-state index contributed by atoms with van der Waals surface area (Å²) >= 11 is 0. The van der Waals surface area contributed by atoms with Gasteiger partial charge < -0.3 is 4.74 Å². The van der Waals surface area contributed by atoms with E-state index in [1.54, 1.807) is 29.9 Å². The predicted octanol–water partition coefficient (Wildman–Crippen LogP) is 3.30. The fourth-order valence-electron chi connectivity index (χ4n) is 3.01. The van der Waals surface area contributed by atoms with Gasteiger partial charge in [-0.15, -0.1) is 13.2 Å². The van der Waals surface area contributed by atoms with Crippen molar-refractivity contribution in [3.63, 3.8) is 0 Å². The Bertz CT molecular complexity index is 1130. The fraction of sp³-hybridized carbons (Fsp3) is 0.263. The van der Waals surface area contributed by atoms with Gasteiger partial charge >= 0.3 is 6.36 Å². The van der Waals surface area contributed by atoms with Crippen molar-refractivity contribution in [3.8, 4) is 11.6 Å². The van der Waals surface area contributed by atoms with Crippen molar-refractivity contribution in [2.75, 3.05) is 6.54 Å². The highest BCUT2D eigenvalue weighted by Gasteiger charge is 2.33. The Balaban J connectivity index is 1.75. The maximum atomic E-state index is 12.6. The largest absolute Gasteiger partial charge is 0.573 e. The standard InChI is InChI=1S/C19H19F3N4O3S/c1-13-15(14(2)26(25-13)18-9-5-6-11-23-18)10-12-24-30(27,28)17-8-4-3-7-16(17)29-19(20,21)22/h3-9,11,24H,10,12H2,1-2H3. The summed E-state index contributed by atoms with van der Waals surface area (Å²) in [5, 5.41) is 4.44. The number of nitrogens with zero attached hydrogens (tertiary/aromatic N) is 3. The Hall–Kier alpha value is -2.92. The molecule has 0 radical (unpaired) electrons. The number of hydrogen-bond donors (Lipinski definition) is 1. The van der Waals surface area contributed by atoms with Gasteiger partial charge in [-0.25, -0.2) is 22.8 Å². The number of pyridine rings is 1. The fourth-order valence-corrected chi connectivity index (χ4v) is 4.17. The van der Waals surface area contributed by atoms with E-state index in [4.69, 9.17) is 0 Å². The first kappa shape index (κ1) is 21.8. The molecule has 1 aromatic carbocycles. The van der Waals surface area contributed by atoms with Crippen LogP contribution in [0.2, 0.25) is 0 Å². The van der Waals surface area contributed by atoms with Crippen molar-refractivity contribution < 1.29 is 26.3 Å². The first-order chi connectivity index (χ1) is 14.1. The van der Waals surface area contributed by atoms with E-state index in [1.807, 2.05) is 13.0 Å². The van der Waals surface area contributed by atoms with Crippen LogP contribution in [0.25, 0.3) is 5.82 Å². The molecule has 0 aliphatic carbocycles. The van der Waals surface area contributed by atoms with E-state index < -0.39 is 27.0 Å². The molecule has 2 aromatic heterocycles. The molecule has 2 heterocycles. The molecule has 0 amide bonds. The monoisotopic (exact) mass is 440 g/mol. The number of rotatable bonds is 7. The molecule has 0 fully saturated rings. The molecule has 3 rings (SSSR count). The highest BCUT2D eigenvalue weighted by molar-refractivity contribution is 7.89. The summed E-state index contributed by atoms with van der Waals surface area (Å²) in [4.78, 5) is 3.66. The molecule has 160 valence electrons. The summed E-state index contributed by atoms with van der Waals surface area (Å²) < 4.78 is 70.6. The maximum Gasteiger partial charge on any atom is 0.573 e. The molecule has 0 atom stereocenters. The normalized spacial score (nSPS) is 12.2. The molecule has 1 N–H and O–H groups in total. The second-order valence-electron chi connectivity index (χ2n) is 6.39. The van der Waals surface area contributed by atoms with Crippen LogP contribution >= 0.6 is 0 Å². The average Bonchev–Trinajstić information content (AvgIpc) is 2.96. The second kappa shape index (κ2) is 8.44. The number of aryl methyl sites for hydroxylation is 1. The lowest BCUT2D eigenvalue weighted by Gasteiger charge is -2.14. The maximum absolute atomic E-state index is 12.6. The van der Waals surface area contributed by atoms with Crippen LogP contribution in [0.1, 0.15) is 17.0 Å². The van der Waals surface area contributed by atoms with Crippen molar-refractivity contribution in [2.24, 2.45) is 0 Å². The van der Waals surface area contributed by atoms with Crippen LogP contribution in [0.3, 0.4) is 0 Å². The van der Waals surface area contributed by atoms with Gasteiger partial charge in [-0.05, 0) is 50.1 Å². The second-order valence-corrected chi connectivity index (χ2v) is 8.13. The number of ether oxygens (including phenoxy) is 1. The van der Waals surface area contributed by atoms with Gasteiger partial charge in [0, 0.05) is 18.4 Å². The zero-order valence-corrected chi connectivity index (χ0v) is 17.0. The number of benzene rings is 1. The Morgan fingerprint density at radius 2 is 1.80 bits per heavy atom. The number of nitrogens with one attached hydrogen (secondary N) is 1. The van der Waals surface area contributed by atoms with Crippen molar-refractivity contribution in [3.05, 3.63) is 65.6 Å². The van der Waals surface area contributed by atoms with Crippen LogP contribution in [0.5, 0.6) is 5.75 Å². The lowest BCUT2D eigenvalue weighted by molar-refractivity contribution is -0.275. The smallest absolute Gasteiger partial charge is 0.404 e. The van der Waals surface area contributed by atoms with Gasteiger partial charge in [-0.2, -0.15) is 5.10 Å². The molecule has 0 aliphatic rings. The lowest BCUT2D eigenvalue weighted by atomic mass is 10.1. The Morgan fingerprint density at radius 1 is 1.10 bits per heavy atom. The van der Waals surface area contributed by atoms with Gasteiger partial charge in [0.25, 0.3) is 0 Å². The van der Waals surface area contributed by atoms with Crippen LogP contribution in [0, 0.1) is 13.8 Å². The highest BCUT2D eigenvalue weighted by Crippen LogP contribution is 2.29. The van der Waals surface area contributed by atoms with Crippen molar-refractivity contribution in [1.82, 2.24) is 19.5 Å². The summed E-state index contributed by atoms with van der Waals surface area (Å²) in [5.41, 5.74) is 2.33. The molecule has 0 spiro atoms. The van der Waals surface area contributed by atoms with E-state index in [-0.39, 0.29) is 6.54 Å².